The minimum Gasteiger partial charge on any atom is -0.293 e. The summed E-state index contributed by atoms with van der Waals surface area (Å²) in [6, 6.07) is 7.00. The lowest BCUT2D eigenvalue weighted by molar-refractivity contribution is 0.0891. The van der Waals surface area contributed by atoms with E-state index in [-0.39, 0.29) is 11.6 Å². The number of hydrogen-bond acceptors (Lipinski definition) is 4. The molecule has 2 aromatic rings. The number of ketones is 2. The molecule has 1 heterocycles. The van der Waals surface area contributed by atoms with E-state index >= 15 is 0 Å². The van der Waals surface area contributed by atoms with Gasteiger partial charge in [-0.1, -0.05) is 24.3 Å². The molecule has 3 rings (SSSR count). The van der Waals surface area contributed by atoms with Crippen molar-refractivity contribution in [3.63, 3.8) is 0 Å². The van der Waals surface area contributed by atoms with Crippen molar-refractivity contribution in [3.8, 4) is 0 Å². The Balaban J connectivity index is 2.16. The largest absolute Gasteiger partial charge is 0.293 e. The second-order valence-corrected chi connectivity index (χ2v) is 4.90. The van der Waals surface area contributed by atoms with Crippen molar-refractivity contribution in [2.45, 2.75) is 12.8 Å². The van der Waals surface area contributed by atoms with Crippen LogP contribution in [-0.2, 0) is 0 Å². The summed E-state index contributed by atoms with van der Waals surface area (Å²) in [5.41, 5.74) is 3.52. The minimum atomic E-state index is -0.667. The molecule has 1 aliphatic carbocycles. The van der Waals surface area contributed by atoms with Crippen molar-refractivity contribution < 1.29 is 9.59 Å². The fourth-order valence-electron chi connectivity index (χ4n) is 2.17. The molecule has 84 valence electrons. The Bertz CT molecular complexity index is 595. The van der Waals surface area contributed by atoms with Crippen LogP contribution in [0, 0.1) is 6.92 Å². The molecule has 0 amide bonds. The van der Waals surface area contributed by atoms with Crippen LogP contribution in [0.5, 0.6) is 0 Å². The van der Waals surface area contributed by atoms with Crippen molar-refractivity contribution in [1.82, 2.24) is 4.98 Å². The lowest BCUT2D eigenvalue weighted by atomic mass is 10.0. The predicted molar refractivity (Wildman–Crippen MR) is 64.7 cm³/mol. The maximum atomic E-state index is 12.2. The molecule has 0 spiro atoms. The van der Waals surface area contributed by atoms with Gasteiger partial charge in [-0.05, 0) is 6.92 Å². The van der Waals surface area contributed by atoms with Crippen LogP contribution in [-0.4, -0.2) is 16.6 Å². The van der Waals surface area contributed by atoms with Gasteiger partial charge in [0.1, 0.15) is 5.92 Å². The fourth-order valence-corrected chi connectivity index (χ4v) is 3.07. The molecular weight excluding hydrogens is 234 g/mol. The number of aromatic nitrogens is 1. The molecule has 1 aromatic heterocycles. The van der Waals surface area contributed by atoms with Gasteiger partial charge in [0.2, 0.25) is 0 Å². The molecule has 1 aromatic carbocycles. The summed E-state index contributed by atoms with van der Waals surface area (Å²) in [6.07, 6.45) is 0. The molecule has 0 unspecified atom stereocenters. The molecule has 4 heteroatoms. The monoisotopic (exact) mass is 243 g/mol. The Morgan fingerprint density at radius 1 is 1.12 bits per heavy atom. The summed E-state index contributed by atoms with van der Waals surface area (Å²) in [5.74, 6) is -0.865. The molecule has 17 heavy (non-hydrogen) atoms. The molecular formula is C13H9NO2S. The first-order valence-corrected chi connectivity index (χ1v) is 6.15. The average Bonchev–Trinajstić information content (AvgIpc) is 2.84. The van der Waals surface area contributed by atoms with Crippen LogP contribution in [0.3, 0.4) is 0 Å². The van der Waals surface area contributed by atoms with Crippen molar-refractivity contribution in [2.75, 3.05) is 0 Å². The third kappa shape index (κ3) is 1.37. The Hall–Kier alpha value is -1.81. The standard InChI is InChI=1S/C13H9NO2S/c1-7-13(17-6-14-7)10-11(15)8-4-2-3-5-9(8)12(10)16/h2-6,10H,1H3. The van der Waals surface area contributed by atoms with Gasteiger partial charge in [0.25, 0.3) is 0 Å². The van der Waals surface area contributed by atoms with E-state index in [1.165, 1.54) is 11.3 Å². The number of aryl methyl sites for hydroxylation is 1. The van der Waals surface area contributed by atoms with Crippen LogP contribution in [0.4, 0.5) is 0 Å². The number of benzene rings is 1. The van der Waals surface area contributed by atoms with Gasteiger partial charge in [0.15, 0.2) is 11.6 Å². The number of fused-ring (bicyclic) bond motifs is 1. The second kappa shape index (κ2) is 3.60. The Labute approximate surface area is 102 Å². The zero-order valence-corrected chi connectivity index (χ0v) is 9.95. The number of carbonyl (C=O) groups is 2. The molecule has 0 fully saturated rings. The van der Waals surface area contributed by atoms with Crippen LogP contribution in [0.15, 0.2) is 29.8 Å². The van der Waals surface area contributed by atoms with Gasteiger partial charge in [0, 0.05) is 16.0 Å². The maximum absolute atomic E-state index is 12.2. The first-order valence-electron chi connectivity index (χ1n) is 5.27. The number of rotatable bonds is 1. The zero-order valence-electron chi connectivity index (χ0n) is 9.14. The van der Waals surface area contributed by atoms with E-state index in [2.05, 4.69) is 4.98 Å². The van der Waals surface area contributed by atoms with Crippen molar-refractivity contribution >= 4 is 22.9 Å². The summed E-state index contributed by atoms with van der Waals surface area (Å²) in [5, 5.41) is 0. The smallest absolute Gasteiger partial charge is 0.179 e. The average molecular weight is 243 g/mol. The first kappa shape index (κ1) is 10.4. The topological polar surface area (TPSA) is 47.0 Å². The summed E-state index contributed by atoms with van der Waals surface area (Å²) in [4.78, 5) is 29.3. The van der Waals surface area contributed by atoms with E-state index < -0.39 is 5.92 Å². The SMILES string of the molecule is Cc1ncsc1C1C(=O)c2ccccc2C1=O. The maximum Gasteiger partial charge on any atom is 0.179 e. The number of hydrogen-bond donors (Lipinski definition) is 0. The molecule has 3 nitrogen and oxygen atoms in total. The highest BCUT2D eigenvalue weighted by Gasteiger charge is 2.40. The normalized spacial score (nSPS) is 15.4. The number of carbonyl (C=O) groups excluding carboxylic acids is 2. The third-order valence-electron chi connectivity index (χ3n) is 3.03. The summed E-state index contributed by atoms with van der Waals surface area (Å²) in [7, 11) is 0. The summed E-state index contributed by atoms with van der Waals surface area (Å²) >= 11 is 1.37. The molecule has 0 bridgehead atoms. The first-order chi connectivity index (χ1) is 8.20. The van der Waals surface area contributed by atoms with Crippen LogP contribution in [0.25, 0.3) is 0 Å². The van der Waals surface area contributed by atoms with Crippen molar-refractivity contribution in [2.24, 2.45) is 0 Å². The van der Waals surface area contributed by atoms with Gasteiger partial charge in [0.05, 0.1) is 11.2 Å². The zero-order chi connectivity index (χ0) is 12.0. The van der Waals surface area contributed by atoms with Crippen molar-refractivity contribution in [3.05, 3.63) is 51.5 Å². The van der Waals surface area contributed by atoms with E-state index in [1.807, 2.05) is 6.92 Å². The summed E-state index contributed by atoms with van der Waals surface area (Å²) < 4.78 is 0. The van der Waals surface area contributed by atoms with E-state index in [9.17, 15) is 9.59 Å². The van der Waals surface area contributed by atoms with E-state index in [0.29, 0.717) is 11.1 Å². The summed E-state index contributed by atoms with van der Waals surface area (Å²) in [6.45, 7) is 1.83. The fraction of sp³-hybridized carbons (Fsp3) is 0.154. The molecule has 0 atom stereocenters. The molecule has 0 saturated heterocycles. The third-order valence-corrected chi connectivity index (χ3v) is 4.02. The highest BCUT2D eigenvalue weighted by molar-refractivity contribution is 7.10. The van der Waals surface area contributed by atoms with Gasteiger partial charge in [-0.25, -0.2) is 4.98 Å². The van der Waals surface area contributed by atoms with Gasteiger partial charge in [-0.3, -0.25) is 9.59 Å². The van der Waals surface area contributed by atoms with E-state index in [4.69, 9.17) is 0 Å². The molecule has 0 saturated carbocycles. The molecule has 0 radical (unpaired) electrons. The molecule has 0 aliphatic heterocycles. The van der Waals surface area contributed by atoms with Crippen molar-refractivity contribution in [1.29, 1.82) is 0 Å². The van der Waals surface area contributed by atoms with E-state index in [1.54, 1.807) is 29.8 Å². The number of nitrogens with zero attached hydrogens (tertiary/aromatic N) is 1. The molecule has 1 aliphatic rings. The Kier molecular flexibility index (Phi) is 2.19. The van der Waals surface area contributed by atoms with Gasteiger partial charge >= 0.3 is 0 Å². The lowest BCUT2D eigenvalue weighted by Crippen LogP contribution is -2.12. The van der Waals surface area contributed by atoms with Gasteiger partial charge in [-0.15, -0.1) is 11.3 Å². The van der Waals surface area contributed by atoms with Gasteiger partial charge < -0.3 is 0 Å². The van der Waals surface area contributed by atoms with Gasteiger partial charge in [-0.2, -0.15) is 0 Å². The lowest BCUT2D eigenvalue weighted by Gasteiger charge is -2.03. The van der Waals surface area contributed by atoms with E-state index in [0.717, 1.165) is 10.6 Å². The molecule has 0 N–H and O–H groups in total. The number of Topliss-reactive ketones (excluding diaryl/α,β-unsaturated/α-hetero) is 2. The Morgan fingerprint density at radius 3 is 2.18 bits per heavy atom. The van der Waals surface area contributed by atoms with Crippen LogP contribution in [0.1, 0.15) is 37.2 Å². The highest BCUT2D eigenvalue weighted by Crippen LogP contribution is 2.36. The quantitative estimate of drug-likeness (QED) is 0.723. The number of thiazole rings is 1. The second-order valence-electron chi connectivity index (χ2n) is 4.01. The predicted octanol–water partition coefficient (Wildman–Crippen LogP) is 2.61. The van der Waals surface area contributed by atoms with Crippen LogP contribution < -0.4 is 0 Å². The highest BCUT2D eigenvalue weighted by atomic mass is 32.1. The van der Waals surface area contributed by atoms with Crippen LogP contribution >= 0.6 is 11.3 Å². The Morgan fingerprint density at radius 2 is 1.71 bits per heavy atom. The van der Waals surface area contributed by atoms with Crippen LogP contribution in [0.2, 0.25) is 0 Å². The minimum absolute atomic E-state index is 0.0991.